The van der Waals surface area contributed by atoms with Gasteiger partial charge in [-0.15, -0.1) is 0 Å². The first-order valence-corrected chi connectivity index (χ1v) is 9.90. The van der Waals surface area contributed by atoms with Crippen molar-refractivity contribution in [2.75, 3.05) is 31.1 Å². The number of furan rings is 1. The Hall–Kier alpha value is -2.74. The number of nitrogens with zero attached hydrogens (tertiary/aromatic N) is 1. The highest BCUT2D eigenvalue weighted by molar-refractivity contribution is 6.58. The molecular weight excluding hydrogens is 367 g/mol. The van der Waals surface area contributed by atoms with Crippen molar-refractivity contribution in [2.24, 2.45) is 0 Å². The second-order valence-corrected chi connectivity index (χ2v) is 7.17. The van der Waals surface area contributed by atoms with Gasteiger partial charge in [-0.25, -0.2) is 0 Å². The number of fused-ring (bicyclic) bond motifs is 3. The van der Waals surface area contributed by atoms with E-state index < -0.39 is 7.12 Å². The molecule has 0 radical (unpaired) electrons. The van der Waals surface area contributed by atoms with Gasteiger partial charge in [0, 0.05) is 37.7 Å². The number of nitrogens with one attached hydrogen (secondary N) is 1. The molecule has 0 aliphatic carbocycles. The monoisotopic (exact) mass is 392 g/mol. The molecule has 3 aromatic rings. The largest absolute Gasteiger partial charge is 0.491 e. The van der Waals surface area contributed by atoms with Gasteiger partial charge >= 0.3 is 7.12 Å². The average molecular weight is 392 g/mol. The van der Waals surface area contributed by atoms with Gasteiger partial charge in [0.05, 0.1) is 24.8 Å². The molecule has 5 rings (SSSR count). The number of anilines is 1. The van der Waals surface area contributed by atoms with Crippen LogP contribution in [0.15, 0.2) is 71.5 Å². The van der Waals surface area contributed by atoms with Gasteiger partial charge in [-0.3, -0.25) is 0 Å². The topological polar surface area (TPSA) is 78.1 Å². The van der Waals surface area contributed by atoms with Crippen LogP contribution in [-0.2, 0) is 0 Å². The smallest absolute Gasteiger partial charge is 0.488 e. The van der Waals surface area contributed by atoms with Crippen LogP contribution in [0.3, 0.4) is 0 Å². The van der Waals surface area contributed by atoms with Gasteiger partial charge in [0.2, 0.25) is 0 Å². The summed E-state index contributed by atoms with van der Waals surface area (Å²) in [5.41, 5.74) is 4.04. The van der Waals surface area contributed by atoms with Crippen molar-refractivity contribution in [1.82, 2.24) is 5.32 Å². The van der Waals surface area contributed by atoms with E-state index in [2.05, 4.69) is 28.4 Å². The van der Waals surface area contributed by atoms with E-state index in [0.29, 0.717) is 11.5 Å². The van der Waals surface area contributed by atoms with Gasteiger partial charge in [-0.2, -0.15) is 0 Å². The molecular formula is C22H25BN2O4. The van der Waals surface area contributed by atoms with Crippen LogP contribution >= 0.6 is 0 Å². The fraction of sp³-hybridized carbons (Fsp3) is 0.273. The minimum atomic E-state index is -1.34. The maximum atomic E-state index is 8.58. The first-order chi connectivity index (χ1) is 14.2. The van der Waals surface area contributed by atoms with Crippen molar-refractivity contribution in [1.29, 1.82) is 0 Å². The van der Waals surface area contributed by atoms with E-state index in [9.17, 15) is 0 Å². The maximum Gasteiger partial charge on any atom is 0.488 e. The summed E-state index contributed by atoms with van der Waals surface area (Å²) in [6.07, 6.45) is 4.57. The molecule has 2 aliphatic rings. The fourth-order valence-corrected chi connectivity index (χ4v) is 3.74. The average Bonchev–Trinajstić information content (AvgIpc) is 3.24. The van der Waals surface area contributed by atoms with Gasteiger partial charge in [0.25, 0.3) is 0 Å². The van der Waals surface area contributed by atoms with Crippen LogP contribution in [0.25, 0.3) is 11.1 Å². The molecule has 0 spiro atoms. The van der Waals surface area contributed by atoms with Crippen molar-refractivity contribution >= 4 is 18.3 Å². The molecule has 3 heterocycles. The predicted octanol–water partition coefficient (Wildman–Crippen LogP) is 1.87. The third-order valence-corrected chi connectivity index (χ3v) is 5.28. The number of ether oxygens (including phenoxy) is 1. The lowest BCUT2D eigenvalue weighted by Gasteiger charge is -2.36. The summed E-state index contributed by atoms with van der Waals surface area (Å²) in [6, 6.07) is 17.6. The molecule has 150 valence electrons. The summed E-state index contributed by atoms with van der Waals surface area (Å²) in [6.45, 7) is 3.90. The Morgan fingerprint density at radius 1 is 1.03 bits per heavy atom. The normalized spacial score (nSPS) is 17.7. The maximum absolute atomic E-state index is 8.58. The number of piperazine rings is 1. The van der Waals surface area contributed by atoms with E-state index in [4.69, 9.17) is 19.2 Å². The number of benzene rings is 2. The third-order valence-electron chi connectivity index (χ3n) is 5.28. The lowest BCUT2D eigenvalue weighted by molar-refractivity contribution is 0.304. The quantitative estimate of drug-likeness (QED) is 0.578. The van der Waals surface area contributed by atoms with Gasteiger partial charge < -0.3 is 29.4 Å². The molecule has 1 saturated heterocycles. The van der Waals surface area contributed by atoms with Gasteiger partial charge in [0.1, 0.15) is 5.75 Å². The second kappa shape index (κ2) is 9.18. The van der Waals surface area contributed by atoms with E-state index in [-0.39, 0.29) is 0 Å². The Morgan fingerprint density at radius 3 is 2.62 bits per heavy atom. The van der Waals surface area contributed by atoms with Crippen LogP contribution in [0.4, 0.5) is 5.69 Å². The van der Waals surface area contributed by atoms with E-state index in [1.54, 1.807) is 36.8 Å². The first-order valence-electron chi connectivity index (χ1n) is 9.90. The van der Waals surface area contributed by atoms with Crippen LogP contribution < -0.4 is 20.4 Å². The summed E-state index contributed by atoms with van der Waals surface area (Å²) in [7, 11) is -1.34. The zero-order valence-electron chi connectivity index (χ0n) is 16.2. The number of hydrogen-bond donors (Lipinski definition) is 3. The SMILES string of the molecule is OB(O)c1ccccc1.c1cc(-c2ccc3c(c2)N2CCNC[C@@H]2CCO3)co1. The molecule has 29 heavy (non-hydrogen) atoms. The molecule has 3 N–H and O–H groups in total. The lowest BCUT2D eigenvalue weighted by atomic mass is 9.81. The number of rotatable bonds is 2. The van der Waals surface area contributed by atoms with Crippen LogP contribution in [0.1, 0.15) is 6.42 Å². The summed E-state index contributed by atoms with van der Waals surface area (Å²) < 4.78 is 11.1. The molecule has 1 aromatic heterocycles. The zero-order chi connectivity index (χ0) is 20.1. The molecule has 0 bridgehead atoms. The van der Waals surface area contributed by atoms with Crippen LogP contribution in [0.5, 0.6) is 5.75 Å². The Bertz CT molecular complexity index is 902. The Kier molecular flexibility index (Phi) is 6.19. The highest BCUT2D eigenvalue weighted by atomic mass is 16.5. The molecule has 0 unspecified atom stereocenters. The van der Waals surface area contributed by atoms with E-state index in [0.717, 1.165) is 44.0 Å². The van der Waals surface area contributed by atoms with E-state index in [1.807, 2.05) is 12.1 Å². The van der Waals surface area contributed by atoms with Crippen LogP contribution in [0.2, 0.25) is 0 Å². The standard InChI is InChI=1S/C16H18N2O2.C6H7BO2/c1-2-16-15(9-12(1)13-3-7-19-11-13)18-6-5-17-10-14(18)4-8-20-16;8-7(9)6-4-2-1-3-5-6/h1-3,7,9,11,14,17H,4-6,8,10H2;1-5,8-9H/t14-;/m0./s1. The molecule has 0 saturated carbocycles. The van der Waals surface area contributed by atoms with Crippen molar-refractivity contribution in [3.05, 3.63) is 67.1 Å². The van der Waals surface area contributed by atoms with Gasteiger partial charge in [-0.1, -0.05) is 36.4 Å². The minimum absolute atomic E-state index is 0.525. The molecule has 0 amide bonds. The van der Waals surface area contributed by atoms with Crippen LogP contribution in [-0.4, -0.2) is 49.4 Å². The van der Waals surface area contributed by atoms with Crippen molar-refractivity contribution in [2.45, 2.75) is 12.5 Å². The number of hydrogen-bond acceptors (Lipinski definition) is 6. The molecule has 1 fully saturated rings. The summed E-state index contributed by atoms with van der Waals surface area (Å²) in [5.74, 6) is 1.00. The zero-order valence-corrected chi connectivity index (χ0v) is 16.2. The van der Waals surface area contributed by atoms with Crippen molar-refractivity contribution < 1.29 is 19.2 Å². The predicted molar refractivity (Wildman–Crippen MR) is 115 cm³/mol. The first kappa shape index (κ1) is 19.6. The molecule has 2 aliphatic heterocycles. The van der Waals surface area contributed by atoms with Crippen molar-refractivity contribution in [3.8, 4) is 16.9 Å². The van der Waals surface area contributed by atoms with Crippen molar-refractivity contribution in [3.63, 3.8) is 0 Å². The molecule has 2 aromatic carbocycles. The minimum Gasteiger partial charge on any atom is -0.491 e. The highest BCUT2D eigenvalue weighted by Gasteiger charge is 2.27. The summed E-state index contributed by atoms with van der Waals surface area (Å²) in [4.78, 5) is 2.49. The second-order valence-electron chi connectivity index (χ2n) is 7.17. The lowest BCUT2D eigenvalue weighted by Crippen LogP contribution is -2.51. The summed E-state index contributed by atoms with van der Waals surface area (Å²) in [5, 5.41) is 20.6. The third kappa shape index (κ3) is 4.64. The Labute approximate surface area is 170 Å². The van der Waals surface area contributed by atoms with E-state index >= 15 is 0 Å². The Morgan fingerprint density at radius 2 is 1.90 bits per heavy atom. The van der Waals surface area contributed by atoms with Crippen LogP contribution in [0, 0.1) is 0 Å². The molecule has 1 atom stereocenters. The van der Waals surface area contributed by atoms with Gasteiger partial charge in [-0.05, 0) is 29.2 Å². The summed E-state index contributed by atoms with van der Waals surface area (Å²) >= 11 is 0. The molecule has 7 heteroatoms. The Balaban J connectivity index is 0.000000192. The van der Waals surface area contributed by atoms with Gasteiger partial charge in [0.15, 0.2) is 0 Å². The highest BCUT2D eigenvalue weighted by Crippen LogP contribution is 2.37. The fourth-order valence-electron chi connectivity index (χ4n) is 3.74. The molecule has 6 nitrogen and oxygen atoms in total. The van der Waals surface area contributed by atoms with E-state index in [1.165, 1.54) is 11.3 Å².